The van der Waals surface area contributed by atoms with Crippen LogP contribution < -0.4 is 0 Å². The lowest BCUT2D eigenvalue weighted by Gasteiger charge is -2.14. The number of imidazole rings is 1. The Morgan fingerprint density at radius 2 is 2.17 bits per heavy atom. The average molecular weight is 168 g/mol. The van der Waals surface area contributed by atoms with Crippen molar-refractivity contribution in [1.29, 1.82) is 0 Å². The van der Waals surface area contributed by atoms with Gasteiger partial charge in [-0.2, -0.15) is 0 Å². The molecule has 0 atom stereocenters. The third-order valence-electron chi connectivity index (χ3n) is 1.79. The molecule has 0 spiro atoms. The maximum Gasteiger partial charge on any atom is 0.108 e. The molecule has 2 N–H and O–H groups in total. The van der Waals surface area contributed by atoms with Crippen LogP contribution in [0.4, 0.5) is 0 Å². The van der Waals surface area contributed by atoms with E-state index in [-0.39, 0.29) is 12.0 Å². The number of hydrogen-bond acceptors (Lipinski definition) is 2. The standard InChI is InChI=1S/C9H16N2O/c1-9(2,3)7-6-10-8(11-7)4-5-12/h6,12H,4-5H2,1-3H3,(H,10,11). The summed E-state index contributed by atoms with van der Waals surface area (Å²) in [4.78, 5) is 7.34. The zero-order valence-corrected chi connectivity index (χ0v) is 7.89. The maximum absolute atomic E-state index is 8.67. The number of rotatable bonds is 2. The van der Waals surface area contributed by atoms with Crippen molar-refractivity contribution in [1.82, 2.24) is 9.97 Å². The van der Waals surface area contributed by atoms with Crippen LogP contribution in [0.3, 0.4) is 0 Å². The molecule has 0 radical (unpaired) electrons. The fourth-order valence-electron chi connectivity index (χ4n) is 0.977. The molecule has 1 heterocycles. The largest absolute Gasteiger partial charge is 0.396 e. The number of aliphatic hydroxyl groups excluding tert-OH is 1. The highest BCUT2D eigenvalue weighted by Crippen LogP contribution is 2.19. The Hall–Kier alpha value is -0.830. The number of aliphatic hydroxyl groups is 1. The van der Waals surface area contributed by atoms with Gasteiger partial charge in [0.05, 0.1) is 6.61 Å². The van der Waals surface area contributed by atoms with E-state index in [0.29, 0.717) is 6.42 Å². The highest BCUT2D eigenvalue weighted by atomic mass is 16.3. The molecule has 0 aromatic carbocycles. The van der Waals surface area contributed by atoms with E-state index in [1.165, 1.54) is 0 Å². The lowest BCUT2D eigenvalue weighted by molar-refractivity contribution is 0.297. The molecule has 0 bridgehead atoms. The quantitative estimate of drug-likeness (QED) is 0.698. The van der Waals surface area contributed by atoms with Crippen molar-refractivity contribution in [2.45, 2.75) is 32.6 Å². The summed E-state index contributed by atoms with van der Waals surface area (Å²) < 4.78 is 0. The van der Waals surface area contributed by atoms with Gasteiger partial charge in [-0.15, -0.1) is 0 Å². The molecule has 0 saturated carbocycles. The lowest BCUT2D eigenvalue weighted by Crippen LogP contribution is -2.11. The van der Waals surface area contributed by atoms with Gasteiger partial charge in [-0.05, 0) is 0 Å². The molecule has 68 valence electrons. The first-order chi connectivity index (χ1) is 5.54. The summed E-state index contributed by atoms with van der Waals surface area (Å²) in [6.07, 6.45) is 2.45. The van der Waals surface area contributed by atoms with Gasteiger partial charge in [0, 0.05) is 23.7 Å². The Kier molecular flexibility index (Phi) is 2.52. The number of nitrogens with one attached hydrogen (secondary N) is 1. The highest BCUT2D eigenvalue weighted by Gasteiger charge is 2.15. The van der Waals surface area contributed by atoms with Crippen molar-refractivity contribution in [3.63, 3.8) is 0 Å². The molecular weight excluding hydrogens is 152 g/mol. The Balaban J connectivity index is 2.77. The summed E-state index contributed by atoms with van der Waals surface area (Å²) in [6, 6.07) is 0. The van der Waals surface area contributed by atoms with Crippen LogP contribution >= 0.6 is 0 Å². The molecule has 1 rings (SSSR count). The van der Waals surface area contributed by atoms with E-state index in [2.05, 4.69) is 30.7 Å². The fourth-order valence-corrected chi connectivity index (χ4v) is 0.977. The van der Waals surface area contributed by atoms with E-state index in [9.17, 15) is 0 Å². The van der Waals surface area contributed by atoms with Gasteiger partial charge in [0.15, 0.2) is 0 Å². The van der Waals surface area contributed by atoms with Gasteiger partial charge in [0.2, 0.25) is 0 Å². The van der Waals surface area contributed by atoms with E-state index in [1.807, 2.05) is 6.20 Å². The monoisotopic (exact) mass is 168 g/mol. The summed E-state index contributed by atoms with van der Waals surface area (Å²) >= 11 is 0. The maximum atomic E-state index is 8.67. The van der Waals surface area contributed by atoms with Crippen LogP contribution in [0.5, 0.6) is 0 Å². The summed E-state index contributed by atoms with van der Waals surface area (Å²) in [5.41, 5.74) is 1.23. The molecule has 3 nitrogen and oxygen atoms in total. The molecule has 0 aliphatic carbocycles. The van der Waals surface area contributed by atoms with Crippen LogP contribution in [0.15, 0.2) is 6.20 Å². The molecule has 3 heteroatoms. The molecule has 12 heavy (non-hydrogen) atoms. The summed E-state index contributed by atoms with van der Waals surface area (Å²) in [7, 11) is 0. The summed E-state index contributed by atoms with van der Waals surface area (Å²) in [5.74, 6) is 0.863. The van der Waals surface area contributed by atoms with E-state index in [0.717, 1.165) is 11.5 Å². The molecule has 0 unspecified atom stereocenters. The topological polar surface area (TPSA) is 48.9 Å². The van der Waals surface area contributed by atoms with Crippen molar-refractivity contribution < 1.29 is 5.11 Å². The van der Waals surface area contributed by atoms with Gasteiger partial charge < -0.3 is 10.1 Å². The van der Waals surface area contributed by atoms with Gasteiger partial charge in [-0.1, -0.05) is 20.8 Å². The number of aromatic amines is 1. The summed E-state index contributed by atoms with van der Waals surface area (Å²) in [5, 5.41) is 8.67. The van der Waals surface area contributed by atoms with Crippen LogP contribution in [-0.2, 0) is 11.8 Å². The van der Waals surface area contributed by atoms with Crippen LogP contribution in [0.1, 0.15) is 32.3 Å². The van der Waals surface area contributed by atoms with Crippen LogP contribution in [-0.4, -0.2) is 21.7 Å². The van der Waals surface area contributed by atoms with Crippen molar-refractivity contribution in [2.24, 2.45) is 0 Å². The minimum atomic E-state index is 0.112. The van der Waals surface area contributed by atoms with Crippen molar-refractivity contribution >= 4 is 0 Å². The Morgan fingerprint density at radius 1 is 1.50 bits per heavy atom. The lowest BCUT2D eigenvalue weighted by atomic mass is 9.93. The highest BCUT2D eigenvalue weighted by molar-refractivity contribution is 5.11. The minimum absolute atomic E-state index is 0.112. The molecule has 0 fully saturated rings. The second-order valence-electron chi connectivity index (χ2n) is 3.97. The first-order valence-electron chi connectivity index (χ1n) is 4.19. The molecule has 0 amide bonds. The van der Waals surface area contributed by atoms with Gasteiger partial charge in [-0.25, -0.2) is 4.98 Å². The molecule has 1 aromatic rings. The molecule has 0 aliphatic rings. The Labute approximate surface area is 72.8 Å². The number of nitrogens with zero attached hydrogens (tertiary/aromatic N) is 1. The minimum Gasteiger partial charge on any atom is -0.396 e. The van der Waals surface area contributed by atoms with Crippen LogP contribution in [0.25, 0.3) is 0 Å². The predicted octanol–water partition coefficient (Wildman–Crippen LogP) is 1.24. The number of H-pyrrole nitrogens is 1. The van der Waals surface area contributed by atoms with Crippen molar-refractivity contribution in [2.75, 3.05) is 6.61 Å². The molecular formula is C9H16N2O. The number of aromatic nitrogens is 2. The first-order valence-corrected chi connectivity index (χ1v) is 4.19. The number of hydrogen-bond donors (Lipinski definition) is 2. The first kappa shape index (κ1) is 9.26. The van der Waals surface area contributed by atoms with Crippen LogP contribution in [0, 0.1) is 0 Å². The summed E-state index contributed by atoms with van der Waals surface area (Å²) in [6.45, 7) is 6.53. The Morgan fingerprint density at radius 3 is 2.58 bits per heavy atom. The van der Waals surface area contributed by atoms with Gasteiger partial charge in [-0.3, -0.25) is 0 Å². The zero-order chi connectivity index (χ0) is 9.19. The second kappa shape index (κ2) is 3.27. The van der Waals surface area contributed by atoms with Gasteiger partial charge >= 0.3 is 0 Å². The van der Waals surface area contributed by atoms with Gasteiger partial charge in [0.1, 0.15) is 5.82 Å². The third-order valence-corrected chi connectivity index (χ3v) is 1.79. The average Bonchev–Trinajstić information content (AvgIpc) is 2.35. The van der Waals surface area contributed by atoms with Crippen molar-refractivity contribution in [3.05, 3.63) is 17.7 Å². The Bertz CT molecular complexity index is 247. The van der Waals surface area contributed by atoms with Crippen molar-refractivity contribution in [3.8, 4) is 0 Å². The zero-order valence-electron chi connectivity index (χ0n) is 7.89. The fraction of sp³-hybridized carbons (Fsp3) is 0.667. The van der Waals surface area contributed by atoms with E-state index >= 15 is 0 Å². The smallest absolute Gasteiger partial charge is 0.108 e. The molecule has 0 aliphatic heterocycles. The normalized spacial score (nSPS) is 12.0. The van der Waals surface area contributed by atoms with Gasteiger partial charge in [0.25, 0.3) is 0 Å². The molecule has 1 aromatic heterocycles. The predicted molar refractivity (Wildman–Crippen MR) is 48.1 cm³/mol. The SMILES string of the molecule is CC(C)(C)c1cnc(CCO)[nH]1. The third kappa shape index (κ3) is 2.08. The molecule has 0 saturated heterocycles. The second-order valence-corrected chi connectivity index (χ2v) is 3.97. The van der Waals surface area contributed by atoms with Crippen LogP contribution in [0.2, 0.25) is 0 Å². The van der Waals surface area contributed by atoms with E-state index in [4.69, 9.17) is 5.11 Å². The van der Waals surface area contributed by atoms with E-state index < -0.39 is 0 Å². The van der Waals surface area contributed by atoms with E-state index in [1.54, 1.807) is 0 Å².